The second-order valence-electron chi connectivity index (χ2n) is 1.92. The van der Waals surface area contributed by atoms with Gasteiger partial charge >= 0.3 is 0 Å². The van der Waals surface area contributed by atoms with Crippen molar-refractivity contribution in [3.8, 4) is 0 Å². The van der Waals surface area contributed by atoms with Gasteiger partial charge in [0.05, 0.1) is 0 Å². The van der Waals surface area contributed by atoms with Gasteiger partial charge in [-0.3, -0.25) is 0 Å². The van der Waals surface area contributed by atoms with Gasteiger partial charge in [0.2, 0.25) is 6.43 Å². The van der Waals surface area contributed by atoms with Gasteiger partial charge in [0.1, 0.15) is 6.17 Å². The minimum Gasteiger partial charge on any atom is -0.244 e. The van der Waals surface area contributed by atoms with Gasteiger partial charge in [0.15, 0.2) is 6.17 Å². The average molecular weight is 180 g/mol. The van der Waals surface area contributed by atoms with E-state index in [2.05, 4.69) is 0 Å². The van der Waals surface area contributed by atoms with E-state index in [9.17, 15) is 26.3 Å². The summed E-state index contributed by atoms with van der Waals surface area (Å²) in [6, 6.07) is 0. The molecule has 0 aliphatic rings. The Balaban J connectivity index is 3.73. The van der Waals surface area contributed by atoms with Crippen molar-refractivity contribution in [1.29, 1.82) is 0 Å². The van der Waals surface area contributed by atoms with Crippen LogP contribution in [0.25, 0.3) is 0 Å². The van der Waals surface area contributed by atoms with Crippen LogP contribution in [-0.2, 0) is 0 Å². The molecule has 0 nitrogen and oxygen atoms in total. The van der Waals surface area contributed by atoms with Gasteiger partial charge in [0, 0.05) is 6.42 Å². The van der Waals surface area contributed by atoms with Crippen LogP contribution >= 0.6 is 0 Å². The molecule has 0 saturated carbocycles. The van der Waals surface area contributed by atoms with E-state index in [1.165, 1.54) is 0 Å². The average Bonchev–Trinajstić information content (AvgIpc) is 1.84. The lowest BCUT2D eigenvalue weighted by Gasteiger charge is -2.11. The fourth-order valence-corrected chi connectivity index (χ4v) is 0.458. The summed E-state index contributed by atoms with van der Waals surface area (Å²) in [5.41, 5.74) is 0. The normalized spacial score (nSPS) is 17.5. The van der Waals surface area contributed by atoms with E-state index in [1.54, 1.807) is 0 Å². The first kappa shape index (κ1) is 10.6. The minimum absolute atomic E-state index is 1.48. The first-order valence-corrected chi connectivity index (χ1v) is 2.79. The Morgan fingerprint density at radius 1 is 0.818 bits per heavy atom. The topological polar surface area (TPSA) is 0 Å². The van der Waals surface area contributed by atoms with Crippen LogP contribution in [0.1, 0.15) is 6.42 Å². The van der Waals surface area contributed by atoms with Gasteiger partial charge in [-0.05, 0) is 0 Å². The largest absolute Gasteiger partial charge is 0.272 e. The van der Waals surface area contributed by atoms with E-state index in [0.29, 0.717) is 0 Å². The molecule has 0 bridgehead atoms. The smallest absolute Gasteiger partial charge is 0.244 e. The molecule has 0 fully saturated rings. The Bertz CT molecular complexity index is 103. The van der Waals surface area contributed by atoms with Crippen molar-refractivity contribution in [3.63, 3.8) is 0 Å². The lowest BCUT2D eigenvalue weighted by Crippen LogP contribution is -2.26. The first-order valence-electron chi connectivity index (χ1n) is 2.79. The van der Waals surface area contributed by atoms with Crippen LogP contribution in [0.4, 0.5) is 26.3 Å². The van der Waals surface area contributed by atoms with Crippen molar-refractivity contribution < 1.29 is 26.3 Å². The molecule has 0 aromatic rings. The highest BCUT2D eigenvalue weighted by atomic mass is 19.3. The zero-order chi connectivity index (χ0) is 9.02. The van der Waals surface area contributed by atoms with Crippen LogP contribution in [0.2, 0.25) is 0 Å². The highest BCUT2D eigenvalue weighted by molar-refractivity contribution is 4.70. The van der Waals surface area contributed by atoms with E-state index in [-0.39, 0.29) is 0 Å². The summed E-state index contributed by atoms with van der Waals surface area (Å²) in [4.78, 5) is 0. The Labute approximate surface area is 59.2 Å². The van der Waals surface area contributed by atoms with E-state index < -0.39 is 31.6 Å². The molecule has 0 amide bonds. The maximum absolute atomic E-state index is 12.0. The standard InChI is InChI=1S/C5H6F6/c6-2(1-3(7)8)4(9)5(10)11/h2-5H,1H2. The van der Waals surface area contributed by atoms with Crippen molar-refractivity contribution in [2.75, 3.05) is 0 Å². The number of alkyl halides is 6. The maximum Gasteiger partial charge on any atom is 0.272 e. The highest BCUT2D eigenvalue weighted by Crippen LogP contribution is 2.18. The lowest BCUT2D eigenvalue weighted by molar-refractivity contribution is -0.0176. The van der Waals surface area contributed by atoms with Crippen molar-refractivity contribution in [2.24, 2.45) is 0 Å². The van der Waals surface area contributed by atoms with Crippen molar-refractivity contribution >= 4 is 0 Å². The van der Waals surface area contributed by atoms with E-state index in [4.69, 9.17) is 0 Å². The van der Waals surface area contributed by atoms with Gasteiger partial charge in [-0.25, -0.2) is 26.3 Å². The zero-order valence-corrected chi connectivity index (χ0v) is 5.28. The van der Waals surface area contributed by atoms with Gasteiger partial charge in [-0.1, -0.05) is 0 Å². The molecule has 0 aliphatic carbocycles. The summed E-state index contributed by atoms with van der Waals surface area (Å²) in [5, 5.41) is 0. The van der Waals surface area contributed by atoms with Crippen molar-refractivity contribution in [3.05, 3.63) is 0 Å². The SMILES string of the molecule is FC(F)CC(F)C(F)C(F)F. The molecule has 2 atom stereocenters. The minimum atomic E-state index is -3.54. The van der Waals surface area contributed by atoms with E-state index in [1.807, 2.05) is 0 Å². The Hall–Kier alpha value is -0.420. The molecular weight excluding hydrogens is 174 g/mol. The van der Waals surface area contributed by atoms with Gasteiger partial charge in [0.25, 0.3) is 6.43 Å². The van der Waals surface area contributed by atoms with Crippen LogP contribution in [0.3, 0.4) is 0 Å². The maximum atomic E-state index is 12.0. The predicted molar refractivity (Wildman–Crippen MR) is 26.4 cm³/mol. The van der Waals surface area contributed by atoms with Crippen LogP contribution in [0, 0.1) is 0 Å². The van der Waals surface area contributed by atoms with Gasteiger partial charge in [-0.15, -0.1) is 0 Å². The summed E-state index contributed by atoms with van der Waals surface area (Å²) in [5.74, 6) is 0. The van der Waals surface area contributed by atoms with Crippen molar-refractivity contribution in [2.45, 2.75) is 31.6 Å². The molecule has 0 rings (SSSR count). The van der Waals surface area contributed by atoms with Crippen LogP contribution in [-0.4, -0.2) is 25.2 Å². The van der Waals surface area contributed by atoms with E-state index >= 15 is 0 Å². The third-order valence-electron chi connectivity index (χ3n) is 0.990. The molecule has 0 aromatic heterocycles. The molecule has 0 saturated heterocycles. The second kappa shape index (κ2) is 4.46. The summed E-state index contributed by atoms with van der Waals surface area (Å²) < 4.78 is 68.8. The van der Waals surface area contributed by atoms with Gasteiger partial charge < -0.3 is 0 Å². The second-order valence-corrected chi connectivity index (χ2v) is 1.92. The Morgan fingerprint density at radius 3 is 1.55 bits per heavy atom. The Kier molecular flexibility index (Phi) is 4.29. The lowest BCUT2D eigenvalue weighted by atomic mass is 10.2. The summed E-state index contributed by atoms with van der Waals surface area (Å²) in [7, 11) is 0. The Morgan fingerprint density at radius 2 is 1.27 bits per heavy atom. The fraction of sp³-hybridized carbons (Fsp3) is 1.00. The number of rotatable bonds is 4. The molecular formula is C5H6F6. The van der Waals surface area contributed by atoms with Crippen LogP contribution < -0.4 is 0 Å². The third-order valence-corrected chi connectivity index (χ3v) is 0.990. The summed E-state index contributed by atoms with van der Waals surface area (Å²) in [6.07, 6.45) is -14.0. The van der Waals surface area contributed by atoms with Crippen LogP contribution in [0.15, 0.2) is 0 Å². The number of hydrogen-bond donors (Lipinski definition) is 0. The quantitative estimate of drug-likeness (QED) is 0.583. The van der Waals surface area contributed by atoms with Gasteiger partial charge in [-0.2, -0.15) is 0 Å². The molecule has 0 spiro atoms. The fourth-order valence-electron chi connectivity index (χ4n) is 0.458. The zero-order valence-electron chi connectivity index (χ0n) is 5.28. The van der Waals surface area contributed by atoms with Crippen molar-refractivity contribution in [1.82, 2.24) is 0 Å². The number of hydrogen-bond acceptors (Lipinski definition) is 0. The molecule has 0 radical (unpaired) electrons. The monoisotopic (exact) mass is 180 g/mol. The number of halogens is 6. The summed E-state index contributed by atoms with van der Waals surface area (Å²) in [6.45, 7) is 0. The molecule has 6 heteroatoms. The first-order chi connectivity index (χ1) is 4.95. The molecule has 0 aromatic carbocycles. The molecule has 68 valence electrons. The highest BCUT2D eigenvalue weighted by Gasteiger charge is 2.31. The van der Waals surface area contributed by atoms with Crippen LogP contribution in [0.5, 0.6) is 0 Å². The molecule has 11 heavy (non-hydrogen) atoms. The molecule has 2 unspecified atom stereocenters. The van der Waals surface area contributed by atoms with E-state index in [0.717, 1.165) is 0 Å². The molecule has 0 heterocycles. The summed E-state index contributed by atoms with van der Waals surface area (Å²) >= 11 is 0. The molecule has 0 aliphatic heterocycles. The molecule has 0 N–H and O–H groups in total. The third kappa shape index (κ3) is 4.10. The predicted octanol–water partition coefficient (Wildman–Crippen LogP) is 2.58.